The highest BCUT2D eigenvalue weighted by molar-refractivity contribution is 5.63. The van der Waals surface area contributed by atoms with Crippen LogP contribution in [-0.4, -0.2) is 56.3 Å². The highest BCUT2D eigenvalue weighted by Crippen LogP contribution is 2.22. The first kappa shape index (κ1) is 19.8. The van der Waals surface area contributed by atoms with E-state index in [1.807, 2.05) is 47.5 Å². The molecule has 1 atom stereocenters. The van der Waals surface area contributed by atoms with E-state index in [0.29, 0.717) is 12.5 Å². The zero-order valence-corrected chi connectivity index (χ0v) is 15.9. The van der Waals surface area contributed by atoms with E-state index in [9.17, 15) is 5.11 Å². The standard InChI is InChI=1S/C22H29NO4/c1-25-23(15-18-11-13-26-14-12-18)16-21(24)17-27-22-9-7-20(8-10-22)19-5-3-2-4-6-19/h2-10,18,21,24H,11-17H2,1H3. The third kappa shape index (κ3) is 6.33. The average Bonchev–Trinajstić information content (AvgIpc) is 2.73. The Kier molecular flexibility index (Phi) is 7.66. The van der Waals surface area contributed by atoms with E-state index in [0.717, 1.165) is 43.9 Å². The van der Waals surface area contributed by atoms with Gasteiger partial charge in [0.1, 0.15) is 18.5 Å². The Morgan fingerprint density at radius 3 is 2.37 bits per heavy atom. The maximum atomic E-state index is 10.3. The van der Waals surface area contributed by atoms with E-state index in [1.54, 1.807) is 7.11 Å². The third-order valence-electron chi connectivity index (χ3n) is 4.88. The van der Waals surface area contributed by atoms with E-state index in [1.165, 1.54) is 5.56 Å². The number of nitrogens with zero attached hydrogens (tertiary/aromatic N) is 1. The van der Waals surface area contributed by atoms with Gasteiger partial charge in [-0.05, 0) is 42.0 Å². The minimum absolute atomic E-state index is 0.234. The smallest absolute Gasteiger partial charge is 0.119 e. The van der Waals surface area contributed by atoms with Crippen LogP contribution < -0.4 is 4.74 Å². The first-order valence-electron chi connectivity index (χ1n) is 9.57. The van der Waals surface area contributed by atoms with Crippen molar-refractivity contribution in [1.82, 2.24) is 5.06 Å². The Bertz CT molecular complexity index is 656. The molecule has 1 aliphatic heterocycles. The van der Waals surface area contributed by atoms with Gasteiger partial charge in [0.15, 0.2) is 0 Å². The number of hydrogen-bond acceptors (Lipinski definition) is 5. The lowest BCUT2D eigenvalue weighted by Crippen LogP contribution is -2.39. The maximum Gasteiger partial charge on any atom is 0.119 e. The second kappa shape index (κ2) is 10.4. The Morgan fingerprint density at radius 1 is 1.04 bits per heavy atom. The Morgan fingerprint density at radius 2 is 1.70 bits per heavy atom. The molecule has 3 rings (SSSR count). The predicted octanol–water partition coefficient (Wildman–Crippen LogP) is 3.38. The molecule has 1 N–H and O–H groups in total. The number of aliphatic hydroxyl groups excluding tert-OH is 1. The van der Waals surface area contributed by atoms with Crippen molar-refractivity contribution in [3.63, 3.8) is 0 Å². The molecule has 27 heavy (non-hydrogen) atoms. The van der Waals surface area contributed by atoms with Gasteiger partial charge in [-0.25, -0.2) is 0 Å². The minimum atomic E-state index is -0.612. The second-order valence-electron chi connectivity index (χ2n) is 6.94. The minimum Gasteiger partial charge on any atom is -0.491 e. The quantitative estimate of drug-likeness (QED) is 0.685. The van der Waals surface area contributed by atoms with Gasteiger partial charge in [0.05, 0.1) is 13.7 Å². The van der Waals surface area contributed by atoms with Gasteiger partial charge in [-0.1, -0.05) is 42.5 Å². The van der Waals surface area contributed by atoms with Crippen LogP contribution >= 0.6 is 0 Å². The molecular formula is C22H29NO4. The van der Waals surface area contributed by atoms with Gasteiger partial charge in [-0.2, -0.15) is 5.06 Å². The van der Waals surface area contributed by atoms with Crippen LogP contribution in [0.1, 0.15) is 12.8 Å². The molecule has 1 aliphatic rings. The molecule has 1 heterocycles. The SMILES string of the molecule is CON(CC(O)COc1ccc(-c2ccccc2)cc1)CC1CCOCC1. The van der Waals surface area contributed by atoms with E-state index in [4.69, 9.17) is 14.3 Å². The molecule has 0 aliphatic carbocycles. The Labute approximate surface area is 161 Å². The lowest BCUT2D eigenvalue weighted by atomic mass is 10.0. The van der Waals surface area contributed by atoms with E-state index >= 15 is 0 Å². The molecule has 2 aromatic carbocycles. The zero-order chi connectivity index (χ0) is 18.9. The number of rotatable bonds is 9. The van der Waals surface area contributed by atoms with Gasteiger partial charge in [0, 0.05) is 19.8 Å². The van der Waals surface area contributed by atoms with Crippen molar-refractivity contribution in [3.05, 3.63) is 54.6 Å². The van der Waals surface area contributed by atoms with Crippen LogP contribution in [-0.2, 0) is 9.57 Å². The van der Waals surface area contributed by atoms with Crippen molar-refractivity contribution in [3.8, 4) is 16.9 Å². The highest BCUT2D eigenvalue weighted by Gasteiger charge is 2.20. The van der Waals surface area contributed by atoms with Crippen LogP contribution in [0.3, 0.4) is 0 Å². The average molecular weight is 371 g/mol. The predicted molar refractivity (Wildman–Crippen MR) is 106 cm³/mol. The molecular weight excluding hydrogens is 342 g/mol. The monoisotopic (exact) mass is 371 g/mol. The van der Waals surface area contributed by atoms with Crippen molar-refractivity contribution < 1.29 is 19.4 Å². The molecule has 146 valence electrons. The molecule has 0 amide bonds. The van der Waals surface area contributed by atoms with Crippen LogP contribution in [0.15, 0.2) is 54.6 Å². The van der Waals surface area contributed by atoms with E-state index in [-0.39, 0.29) is 6.61 Å². The van der Waals surface area contributed by atoms with Crippen molar-refractivity contribution in [2.75, 3.05) is 40.0 Å². The summed E-state index contributed by atoms with van der Waals surface area (Å²) in [6, 6.07) is 18.2. The van der Waals surface area contributed by atoms with E-state index in [2.05, 4.69) is 12.1 Å². The number of hydroxylamine groups is 2. The van der Waals surface area contributed by atoms with Crippen LogP contribution in [0.2, 0.25) is 0 Å². The summed E-state index contributed by atoms with van der Waals surface area (Å²) in [5.74, 6) is 1.31. The van der Waals surface area contributed by atoms with Crippen LogP contribution in [0.4, 0.5) is 0 Å². The maximum absolute atomic E-state index is 10.3. The number of ether oxygens (including phenoxy) is 2. The molecule has 5 nitrogen and oxygen atoms in total. The summed E-state index contributed by atoms with van der Waals surface area (Å²) >= 11 is 0. The summed E-state index contributed by atoms with van der Waals surface area (Å²) in [6.45, 7) is 3.09. The lowest BCUT2D eigenvalue weighted by molar-refractivity contribution is -0.162. The van der Waals surface area contributed by atoms with Crippen LogP contribution in [0, 0.1) is 5.92 Å². The van der Waals surface area contributed by atoms with Gasteiger partial charge in [0.2, 0.25) is 0 Å². The zero-order valence-electron chi connectivity index (χ0n) is 15.9. The van der Waals surface area contributed by atoms with Gasteiger partial charge >= 0.3 is 0 Å². The number of hydrogen-bond donors (Lipinski definition) is 1. The molecule has 0 radical (unpaired) electrons. The molecule has 1 fully saturated rings. The molecule has 1 unspecified atom stereocenters. The Hall–Kier alpha value is -1.92. The number of benzene rings is 2. The highest BCUT2D eigenvalue weighted by atomic mass is 16.7. The lowest BCUT2D eigenvalue weighted by Gasteiger charge is -2.29. The van der Waals surface area contributed by atoms with Gasteiger partial charge in [-0.3, -0.25) is 0 Å². The van der Waals surface area contributed by atoms with Crippen molar-refractivity contribution in [1.29, 1.82) is 0 Å². The number of aliphatic hydroxyl groups is 1. The summed E-state index contributed by atoms with van der Waals surface area (Å²) in [4.78, 5) is 5.42. The second-order valence-corrected chi connectivity index (χ2v) is 6.94. The molecule has 1 saturated heterocycles. The molecule has 0 saturated carbocycles. The van der Waals surface area contributed by atoms with Crippen molar-refractivity contribution >= 4 is 0 Å². The fourth-order valence-electron chi connectivity index (χ4n) is 3.29. The summed E-state index contributed by atoms with van der Waals surface area (Å²) in [7, 11) is 1.65. The van der Waals surface area contributed by atoms with Crippen molar-refractivity contribution in [2.45, 2.75) is 18.9 Å². The molecule has 0 bridgehead atoms. The third-order valence-corrected chi connectivity index (χ3v) is 4.88. The van der Waals surface area contributed by atoms with Crippen LogP contribution in [0.5, 0.6) is 5.75 Å². The molecule has 0 spiro atoms. The fraction of sp³-hybridized carbons (Fsp3) is 0.455. The van der Waals surface area contributed by atoms with Crippen LogP contribution in [0.25, 0.3) is 11.1 Å². The van der Waals surface area contributed by atoms with E-state index < -0.39 is 6.10 Å². The van der Waals surface area contributed by atoms with Crippen molar-refractivity contribution in [2.24, 2.45) is 5.92 Å². The van der Waals surface area contributed by atoms with Gasteiger partial charge < -0.3 is 19.4 Å². The largest absolute Gasteiger partial charge is 0.491 e. The summed E-state index contributed by atoms with van der Waals surface area (Å²) in [5.41, 5.74) is 2.32. The fourth-order valence-corrected chi connectivity index (χ4v) is 3.29. The normalized spacial score (nSPS) is 16.4. The summed E-state index contributed by atoms with van der Waals surface area (Å²) in [5, 5.41) is 12.1. The molecule has 2 aromatic rings. The first-order valence-corrected chi connectivity index (χ1v) is 9.57. The molecule has 0 aromatic heterocycles. The Balaban J connectivity index is 1.44. The first-order chi connectivity index (χ1) is 13.2. The molecule has 5 heteroatoms. The van der Waals surface area contributed by atoms with Gasteiger partial charge in [0.25, 0.3) is 0 Å². The van der Waals surface area contributed by atoms with Gasteiger partial charge in [-0.15, -0.1) is 0 Å². The summed E-state index contributed by atoms with van der Waals surface area (Å²) < 4.78 is 11.1. The summed E-state index contributed by atoms with van der Waals surface area (Å²) in [6.07, 6.45) is 1.47. The topological polar surface area (TPSA) is 51.2 Å².